The van der Waals surface area contributed by atoms with E-state index in [2.05, 4.69) is 20.8 Å². The Morgan fingerprint density at radius 1 is 1.05 bits per heavy atom. The lowest BCUT2D eigenvalue weighted by molar-refractivity contribution is 0.780. The molecule has 1 N–H and O–H groups in total. The van der Waals surface area contributed by atoms with Crippen molar-refractivity contribution in [1.29, 1.82) is 0 Å². The highest BCUT2D eigenvalue weighted by atomic mass is 35.5. The standard InChI is InChI=1S/C15H14ClN5/c1-11(13-9-5-6-10-14(13)16)17-15-18-19-20-21(15)12-7-3-2-4-8-12/h2-11H,1H3,(H,17,18,20)/t11-/m1/s1. The molecule has 0 fully saturated rings. The Morgan fingerprint density at radius 3 is 2.52 bits per heavy atom. The summed E-state index contributed by atoms with van der Waals surface area (Å²) < 4.78 is 1.66. The molecule has 6 heteroatoms. The molecule has 0 saturated carbocycles. The Bertz CT molecular complexity index is 726. The third-order valence-electron chi connectivity index (χ3n) is 3.19. The Kier molecular flexibility index (Phi) is 3.83. The van der Waals surface area contributed by atoms with E-state index in [1.807, 2.05) is 61.5 Å². The van der Waals surface area contributed by atoms with Crippen LogP contribution in [0.25, 0.3) is 5.69 Å². The van der Waals surface area contributed by atoms with Crippen molar-refractivity contribution in [2.45, 2.75) is 13.0 Å². The predicted octanol–water partition coefficient (Wildman–Crippen LogP) is 3.49. The number of para-hydroxylation sites is 1. The largest absolute Gasteiger partial charge is 0.346 e. The van der Waals surface area contributed by atoms with Gasteiger partial charge in [0.15, 0.2) is 0 Å². The van der Waals surface area contributed by atoms with E-state index in [0.29, 0.717) is 5.95 Å². The first-order valence-electron chi connectivity index (χ1n) is 6.60. The fourth-order valence-electron chi connectivity index (χ4n) is 2.12. The van der Waals surface area contributed by atoms with Gasteiger partial charge in [-0.25, -0.2) is 0 Å². The van der Waals surface area contributed by atoms with Gasteiger partial charge in [-0.2, -0.15) is 4.68 Å². The lowest BCUT2D eigenvalue weighted by Crippen LogP contribution is -2.12. The van der Waals surface area contributed by atoms with E-state index >= 15 is 0 Å². The molecule has 0 aliphatic heterocycles. The maximum atomic E-state index is 6.22. The van der Waals surface area contributed by atoms with Crippen LogP contribution in [0.3, 0.4) is 0 Å². The summed E-state index contributed by atoms with van der Waals surface area (Å²) in [6.07, 6.45) is 0. The molecule has 106 valence electrons. The summed E-state index contributed by atoms with van der Waals surface area (Å²) >= 11 is 6.22. The topological polar surface area (TPSA) is 55.6 Å². The third kappa shape index (κ3) is 2.87. The minimum atomic E-state index is -0.00726. The van der Waals surface area contributed by atoms with Gasteiger partial charge in [0.05, 0.1) is 11.7 Å². The number of hydrogen-bond acceptors (Lipinski definition) is 4. The molecule has 1 aromatic heterocycles. The minimum absolute atomic E-state index is 0.00726. The molecule has 3 rings (SSSR count). The van der Waals surface area contributed by atoms with Gasteiger partial charge < -0.3 is 5.32 Å². The molecule has 2 aromatic carbocycles. The van der Waals surface area contributed by atoms with Crippen LogP contribution in [0.5, 0.6) is 0 Å². The second-order valence-corrected chi connectivity index (χ2v) is 5.04. The van der Waals surface area contributed by atoms with Gasteiger partial charge in [-0.15, -0.1) is 0 Å². The molecule has 0 aliphatic carbocycles. The van der Waals surface area contributed by atoms with Crippen LogP contribution in [0.15, 0.2) is 54.6 Å². The van der Waals surface area contributed by atoms with Gasteiger partial charge >= 0.3 is 0 Å². The monoisotopic (exact) mass is 299 g/mol. The van der Waals surface area contributed by atoms with Gasteiger partial charge in [0.2, 0.25) is 5.95 Å². The second-order valence-electron chi connectivity index (χ2n) is 4.64. The SMILES string of the molecule is C[C@@H](Nc1nnnn1-c1ccccc1)c1ccccc1Cl. The van der Waals surface area contributed by atoms with E-state index in [9.17, 15) is 0 Å². The van der Waals surface area contributed by atoms with E-state index in [-0.39, 0.29) is 6.04 Å². The van der Waals surface area contributed by atoms with Crippen LogP contribution in [-0.4, -0.2) is 20.2 Å². The van der Waals surface area contributed by atoms with Gasteiger partial charge in [-0.3, -0.25) is 0 Å². The molecular weight excluding hydrogens is 286 g/mol. The van der Waals surface area contributed by atoms with Crippen molar-refractivity contribution in [3.05, 3.63) is 65.2 Å². The van der Waals surface area contributed by atoms with E-state index in [1.165, 1.54) is 0 Å². The lowest BCUT2D eigenvalue weighted by atomic mass is 10.1. The molecule has 0 amide bonds. The van der Waals surface area contributed by atoms with Crippen molar-refractivity contribution in [1.82, 2.24) is 20.2 Å². The first-order chi connectivity index (χ1) is 10.3. The molecule has 0 bridgehead atoms. The lowest BCUT2D eigenvalue weighted by Gasteiger charge is -2.16. The van der Waals surface area contributed by atoms with Crippen molar-refractivity contribution in [3.8, 4) is 5.69 Å². The minimum Gasteiger partial charge on any atom is -0.346 e. The van der Waals surface area contributed by atoms with Gasteiger partial charge in [0, 0.05) is 5.02 Å². The quantitative estimate of drug-likeness (QED) is 0.801. The van der Waals surface area contributed by atoms with Gasteiger partial charge in [0.1, 0.15) is 0 Å². The van der Waals surface area contributed by atoms with E-state index < -0.39 is 0 Å². The highest BCUT2D eigenvalue weighted by Gasteiger charge is 2.14. The molecule has 1 atom stereocenters. The summed E-state index contributed by atoms with van der Waals surface area (Å²) in [5.74, 6) is 0.577. The number of halogens is 1. The van der Waals surface area contributed by atoms with Crippen molar-refractivity contribution < 1.29 is 0 Å². The molecule has 0 spiro atoms. The average molecular weight is 300 g/mol. The van der Waals surface area contributed by atoms with Gasteiger partial charge in [0.25, 0.3) is 0 Å². The molecule has 0 aliphatic rings. The van der Waals surface area contributed by atoms with Gasteiger partial charge in [-0.05, 0) is 41.1 Å². The van der Waals surface area contributed by atoms with Crippen LogP contribution in [0, 0.1) is 0 Å². The Morgan fingerprint density at radius 2 is 1.76 bits per heavy atom. The highest BCUT2D eigenvalue weighted by molar-refractivity contribution is 6.31. The molecule has 21 heavy (non-hydrogen) atoms. The maximum absolute atomic E-state index is 6.22. The number of benzene rings is 2. The molecule has 0 saturated heterocycles. The van der Waals surface area contributed by atoms with Gasteiger partial charge in [-0.1, -0.05) is 53.1 Å². The zero-order chi connectivity index (χ0) is 14.7. The third-order valence-corrected chi connectivity index (χ3v) is 3.53. The Balaban J connectivity index is 1.87. The summed E-state index contributed by atoms with van der Waals surface area (Å²) in [7, 11) is 0. The molecule has 3 aromatic rings. The van der Waals surface area contributed by atoms with E-state index in [4.69, 9.17) is 11.6 Å². The average Bonchev–Trinajstić information content (AvgIpc) is 2.96. The Hall–Kier alpha value is -2.40. The molecule has 1 heterocycles. The van der Waals surface area contributed by atoms with Crippen LogP contribution < -0.4 is 5.32 Å². The highest BCUT2D eigenvalue weighted by Crippen LogP contribution is 2.25. The number of nitrogens with zero attached hydrogens (tertiary/aromatic N) is 4. The fraction of sp³-hybridized carbons (Fsp3) is 0.133. The number of nitrogens with one attached hydrogen (secondary N) is 1. The van der Waals surface area contributed by atoms with Crippen molar-refractivity contribution in [2.24, 2.45) is 0 Å². The molecular formula is C15H14ClN5. The summed E-state index contributed by atoms with van der Waals surface area (Å²) in [6.45, 7) is 2.02. The van der Waals surface area contributed by atoms with Crippen LogP contribution >= 0.6 is 11.6 Å². The summed E-state index contributed by atoms with van der Waals surface area (Å²) in [4.78, 5) is 0. The number of anilines is 1. The summed E-state index contributed by atoms with van der Waals surface area (Å²) in [5.41, 5.74) is 1.90. The normalized spacial score (nSPS) is 12.1. The van der Waals surface area contributed by atoms with Crippen LogP contribution in [0.4, 0.5) is 5.95 Å². The van der Waals surface area contributed by atoms with Crippen LogP contribution in [0.2, 0.25) is 5.02 Å². The summed E-state index contributed by atoms with van der Waals surface area (Å²) in [6, 6.07) is 17.4. The van der Waals surface area contributed by atoms with Crippen LogP contribution in [0.1, 0.15) is 18.5 Å². The Labute approximate surface area is 127 Å². The summed E-state index contributed by atoms with van der Waals surface area (Å²) in [5, 5.41) is 15.8. The van der Waals surface area contributed by atoms with Crippen molar-refractivity contribution >= 4 is 17.5 Å². The maximum Gasteiger partial charge on any atom is 0.248 e. The van der Waals surface area contributed by atoms with Crippen molar-refractivity contribution in [2.75, 3.05) is 5.32 Å². The number of hydrogen-bond donors (Lipinski definition) is 1. The zero-order valence-electron chi connectivity index (χ0n) is 11.4. The first-order valence-corrected chi connectivity index (χ1v) is 6.98. The van der Waals surface area contributed by atoms with Crippen molar-refractivity contribution in [3.63, 3.8) is 0 Å². The van der Waals surface area contributed by atoms with Crippen LogP contribution in [-0.2, 0) is 0 Å². The predicted molar refractivity (Wildman–Crippen MR) is 82.6 cm³/mol. The zero-order valence-corrected chi connectivity index (χ0v) is 12.2. The van der Waals surface area contributed by atoms with E-state index in [1.54, 1.807) is 4.68 Å². The smallest absolute Gasteiger partial charge is 0.248 e. The number of aromatic nitrogens is 4. The number of tetrazole rings is 1. The number of rotatable bonds is 4. The first kappa shape index (κ1) is 13.6. The molecule has 5 nitrogen and oxygen atoms in total. The fourth-order valence-corrected chi connectivity index (χ4v) is 2.42. The van der Waals surface area contributed by atoms with E-state index in [0.717, 1.165) is 16.3 Å². The second kappa shape index (κ2) is 5.93. The molecule has 0 radical (unpaired) electrons. The molecule has 0 unspecified atom stereocenters.